The zero-order valence-corrected chi connectivity index (χ0v) is 18.1. The molecule has 0 radical (unpaired) electrons. The van der Waals surface area contributed by atoms with E-state index in [9.17, 15) is 21.6 Å². The number of rotatable bonds is 5. The zero-order valence-electron chi connectivity index (χ0n) is 17.3. The number of aryl methyl sites for hydroxylation is 1. The molecule has 0 amide bonds. The van der Waals surface area contributed by atoms with E-state index in [0.29, 0.717) is 0 Å². The van der Waals surface area contributed by atoms with Crippen molar-refractivity contribution in [2.45, 2.75) is 30.5 Å². The van der Waals surface area contributed by atoms with Gasteiger partial charge in [0.2, 0.25) is 0 Å². The molecule has 0 aliphatic carbocycles. The third-order valence-corrected chi connectivity index (χ3v) is 7.20. The smallest absolute Gasteiger partial charge is 0.261 e. The van der Waals surface area contributed by atoms with Crippen LogP contribution in [0.5, 0.6) is 0 Å². The minimum atomic E-state index is -4.55. The van der Waals surface area contributed by atoms with Crippen molar-refractivity contribution in [2.24, 2.45) is 4.99 Å². The fourth-order valence-electron chi connectivity index (χ4n) is 3.73. The van der Waals surface area contributed by atoms with Crippen LogP contribution in [0.25, 0.3) is 0 Å². The van der Waals surface area contributed by atoms with Crippen LogP contribution in [0, 0.1) is 6.92 Å². The first kappa shape index (κ1) is 22.1. The van der Waals surface area contributed by atoms with Gasteiger partial charge in [-0.25, -0.2) is 8.42 Å². The van der Waals surface area contributed by atoms with E-state index in [1.165, 1.54) is 30.3 Å². The normalized spacial score (nSPS) is 16.8. The van der Waals surface area contributed by atoms with E-state index in [-0.39, 0.29) is 29.3 Å². The highest BCUT2D eigenvalue weighted by atomic mass is 32.2. The first-order chi connectivity index (χ1) is 15.2. The Morgan fingerprint density at radius 1 is 0.938 bits per heavy atom. The summed E-state index contributed by atoms with van der Waals surface area (Å²) in [5, 5.41) is 0. The number of nitrogens with zero attached hydrogens (tertiary/aromatic N) is 2. The topological polar surface area (TPSA) is 49.7 Å². The van der Waals surface area contributed by atoms with Crippen molar-refractivity contribution in [1.29, 1.82) is 0 Å². The quantitative estimate of drug-likeness (QED) is 0.514. The van der Waals surface area contributed by atoms with Crippen molar-refractivity contribution in [3.63, 3.8) is 0 Å². The number of benzene rings is 3. The summed E-state index contributed by atoms with van der Waals surface area (Å²) in [5.41, 5.74) is 0.895. The van der Waals surface area contributed by atoms with Crippen LogP contribution in [0.4, 0.5) is 13.2 Å². The Hall–Kier alpha value is -3.13. The van der Waals surface area contributed by atoms with Gasteiger partial charge in [0.1, 0.15) is 5.84 Å². The molecule has 0 aromatic heterocycles. The van der Waals surface area contributed by atoms with Crippen molar-refractivity contribution < 1.29 is 21.6 Å². The van der Waals surface area contributed by atoms with Crippen LogP contribution in [-0.2, 0) is 22.6 Å². The summed E-state index contributed by atoms with van der Waals surface area (Å²) in [6.45, 7) is 1.88. The van der Waals surface area contributed by atoms with E-state index >= 15 is 0 Å². The molecule has 0 bridgehead atoms. The fourth-order valence-corrected chi connectivity index (χ4v) is 5.19. The predicted molar refractivity (Wildman–Crippen MR) is 117 cm³/mol. The highest BCUT2D eigenvalue weighted by Crippen LogP contribution is 2.35. The second-order valence-electron chi connectivity index (χ2n) is 7.65. The van der Waals surface area contributed by atoms with Gasteiger partial charge in [0.25, 0.3) is 10.0 Å². The van der Waals surface area contributed by atoms with Gasteiger partial charge < -0.3 is 0 Å². The molecule has 0 saturated carbocycles. The van der Waals surface area contributed by atoms with Crippen molar-refractivity contribution in [2.75, 3.05) is 6.54 Å². The van der Waals surface area contributed by atoms with Gasteiger partial charge in [-0.3, -0.25) is 9.30 Å². The third-order valence-electron chi connectivity index (χ3n) is 5.40. The van der Waals surface area contributed by atoms with Crippen LogP contribution in [0.3, 0.4) is 0 Å². The van der Waals surface area contributed by atoms with Gasteiger partial charge in [0.15, 0.2) is 0 Å². The first-order valence-electron chi connectivity index (χ1n) is 10.0. The van der Waals surface area contributed by atoms with Gasteiger partial charge in [-0.15, -0.1) is 0 Å². The van der Waals surface area contributed by atoms with E-state index in [1.807, 2.05) is 37.3 Å². The minimum Gasteiger partial charge on any atom is -0.261 e. The fraction of sp³-hybridized carbons (Fsp3) is 0.208. The van der Waals surface area contributed by atoms with Gasteiger partial charge in [0, 0.05) is 6.42 Å². The van der Waals surface area contributed by atoms with Crippen LogP contribution >= 0.6 is 0 Å². The largest absolute Gasteiger partial charge is 0.416 e. The van der Waals surface area contributed by atoms with Crippen LogP contribution < -0.4 is 0 Å². The first-order valence-corrected chi connectivity index (χ1v) is 11.5. The molecule has 1 atom stereocenters. The highest BCUT2D eigenvalue weighted by Gasteiger charge is 2.38. The van der Waals surface area contributed by atoms with Crippen LogP contribution in [0.2, 0.25) is 0 Å². The highest BCUT2D eigenvalue weighted by molar-refractivity contribution is 7.89. The Morgan fingerprint density at radius 3 is 2.22 bits per heavy atom. The maximum Gasteiger partial charge on any atom is 0.416 e. The molecule has 166 valence electrons. The molecule has 0 fully saturated rings. The number of aliphatic imine (C=N–C) groups is 1. The summed E-state index contributed by atoms with van der Waals surface area (Å²) >= 11 is 0. The van der Waals surface area contributed by atoms with Gasteiger partial charge in [-0.05, 0) is 36.2 Å². The number of alkyl halides is 3. The summed E-state index contributed by atoms with van der Waals surface area (Å²) in [6.07, 6.45) is -4.79. The summed E-state index contributed by atoms with van der Waals surface area (Å²) in [7, 11) is -3.99. The molecular formula is C24H21F3N2O2S. The molecule has 3 aromatic carbocycles. The van der Waals surface area contributed by atoms with Crippen molar-refractivity contribution in [3.8, 4) is 0 Å². The molecule has 0 saturated heterocycles. The Bertz CT molecular complexity index is 1240. The van der Waals surface area contributed by atoms with Crippen molar-refractivity contribution >= 4 is 15.9 Å². The lowest BCUT2D eigenvalue weighted by molar-refractivity contribution is -0.138. The standard InChI is InChI=1S/C24H21F3N2O2S/c1-17-11-13-20(14-12-17)32(30,31)29-16-22(18-7-3-2-4-8-18)28-23(29)15-19-9-5-6-10-21(19)24(25,26)27/h2-14,22H,15-16H2,1H3. The Labute approximate surface area is 185 Å². The molecule has 1 heterocycles. The monoisotopic (exact) mass is 458 g/mol. The van der Waals surface area contributed by atoms with E-state index in [2.05, 4.69) is 4.99 Å². The second-order valence-corrected chi connectivity index (χ2v) is 9.51. The summed E-state index contributed by atoms with van der Waals surface area (Å²) in [4.78, 5) is 4.64. The molecule has 0 N–H and O–H groups in total. The summed E-state index contributed by atoms with van der Waals surface area (Å²) < 4.78 is 68.6. The van der Waals surface area contributed by atoms with E-state index in [0.717, 1.165) is 21.5 Å². The molecule has 4 rings (SSSR count). The van der Waals surface area contributed by atoms with Crippen LogP contribution in [-0.4, -0.2) is 25.1 Å². The van der Waals surface area contributed by atoms with E-state index in [4.69, 9.17) is 0 Å². The molecule has 1 unspecified atom stereocenters. The third kappa shape index (κ3) is 4.41. The zero-order chi connectivity index (χ0) is 22.9. The number of halogens is 3. The maximum atomic E-state index is 13.5. The molecule has 4 nitrogen and oxygen atoms in total. The average Bonchev–Trinajstić information content (AvgIpc) is 3.19. The molecule has 32 heavy (non-hydrogen) atoms. The van der Waals surface area contributed by atoms with E-state index in [1.54, 1.807) is 12.1 Å². The van der Waals surface area contributed by atoms with Crippen LogP contribution in [0.15, 0.2) is 88.8 Å². The summed E-state index contributed by atoms with van der Waals surface area (Å²) in [6, 6.07) is 20.2. The molecule has 3 aromatic rings. The van der Waals surface area contributed by atoms with Gasteiger partial charge in [-0.1, -0.05) is 66.2 Å². The van der Waals surface area contributed by atoms with Crippen LogP contribution in [0.1, 0.15) is 28.3 Å². The van der Waals surface area contributed by atoms with Crippen molar-refractivity contribution in [3.05, 3.63) is 101 Å². The second kappa shape index (κ2) is 8.43. The van der Waals surface area contributed by atoms with Gasteiger partial charge in [-0.2, -0.15) is 13.2 Å². The minimum absolute atomic E-state index is 0.0171. The molecule has 8 heteroatoms. The SMILES string of the molecule is Cc1ccc(S(=O)(=O)N2CC(c3ccccc3)N=C2Cc2ccccc2C(F)(F)F)cc1. The lowest BCUT2D eigenvalue weighted by Crippen LogP contribution is -2.36. The number of hydrogen-bond donors (Lipinski definition) is 0. The van der Waals surface area contributed by atoms with E-state index < -0.39 is 27.8 Å². The number of hydrogen-bond acceptors (Lipinski definition) is 3. The molecular weight excluding hydrogens is 437 g/mol. The molecule has 1 aliphatic heterocycles. The maximum absolute atomic E-state index is 13.5. The number of amidine groups is 1. The lowest BCUT2D eigenvalue weighted by atomic mass is 10.0. The predicted octanol–water partition coefficient (Wildman–Crippen LogP) is 5.40. The van der Waals surface area contributed by atoms with Crippen molar-refractivity contribution in [1.82, 2.24) is 4.31 Å². The Balaban J connectivity index is 1.76. The Morgan fingerprint density at radius 2 is 1.56 bits per heavy atom. The lowest BCUT2D eigenvalue weighted by Gasteiger charge is -2.22. The summed E-state index contributed by atoms with van der Waals surface area (Å²) in [5.74, 6) is 0.0936. The molecule has 1 aliphatic rings. The number of sulfonamides is 1. The molecule has 0 spiro atoms. The van der Waals surface area contributed by atoms with Gasteiger partial charge >= 0.3 is 6.18 Å². The van der Waals surface area contributed by atoms with Gasteiger partial charge in [0.05, 0.1) is 23.0 Å². The average molecular weight is 459 g/mol. The Kier molecular flexibility index (Phi) is 5.81.